The van der Waals surface area contributed by atoms with Gasteiger partial charge >= 0.3 is 0 Å². The highest BCUT2D eigenvalue weighted by Crippen LogP contribution is 2.23. The molecule has 0 aliphatic heterocycles. The molecule has 0 unspecified atom stereocenters. The Morgan fingerprint density at radius 3 is 2.48 bits per heavy atom. The van der Waals surface area contributed by atoms with Gasteiger partial charge in [0, 0.05) is 27.2 Å². The van der Waals surface area contributed by atoms with E-state index in [1.807, 2.05) is 55.6 Å². The molecule has 0 radical (unpaired) electrons. The van der Waals surface area contributed by atoms with E-state index in [0.717, 1.165) is 27.5 Å². The number of carbonyl (C=O) groups is 1. The first-order chi connectivity index (χ1) is 11.0. The number of carbonyl (C=O) groups excluding carboxylic acids is 1. The summed E-state index contributed by atoms with van der Waals surface area (Å²) in [5.41, 5.74) is 4.25. The van der Waals surface area contributed by atoms with Crippen molar-refractivity contribution in [3.05, 3.63) is 69.0 Å². The Bertz CT molecular complexity index is 856. The van der Waals surface area contributed by atoms with E-state index in [9.17, 15) is 4.79 Å². The lowest BCUT2D eigenvalue weighted by Crippen LogP contribution is -2.12. The topological polar surface area (TPSA) is 42.0 Å². The summed E-state index contributed by atoms with van der Waals surface area (Å²) < 4.78 is 0. The van der Waals surface area contributed by atoms with Gasteiger partial charge in [-0.05, 0) is 49.7 Å². The molecule has 1 amide bonds. The summed E-state index contributed by atoms with van der Waals surface area (Å²) in [7, 11) is 0. The third-order valence-corrected chi connectivity index (χ3v) is 4.51. The molecule has 0 aliphatic rings. The van der Waals surface area contributed by atoms with Crippen LogP contribution in [0, 0.1) is 13.8 Å². The summed E-state index contributed by atoms with van der Waals surface area (Å²) in [5.74, 6) is -0.142. The maximum Gasteiger partial charge on any atom is 0.255 e. The Labute approximate surface area is 144 Å². The van der Waals surface area contributed by atoms with Crippen LogP contribution in [0.3, 0.4) is 0 Å². The van der Waals surface area contributed by atoms with Crippen LogP contribution in [0.1, 0.15) is 20.9 Å². The average molecular weight is 343 g/mol. The highest BCUT2D eigenvalue weighted by molar-refractivity contribution is 7.09. The Hall–Kier alpha value is -2.17. The molecule has 0 bridgehead atoms. The maximum absolute atomic E-state index is 12.3. The van der Waals surface area contributed by atoms with Crippen molar-refractivity contribution in [1.29, 1.82) is 0 Å². The fourth-order valence-electron chi connectivity index (χ4n) is 2.25. The molecule has 1 aromatic heterocycles. The summed E-state index contributed by atoms with van der Waals surface area (Å²) >= 11 is 7.54. The van der Waals surface area contributed by atoms with Crippen LogP contribution < -0.4 is 5.32 Å². The lowest BCUT2D eigenvalue weighted by molar-refractivity contribution is 0.102. The number of hydrogen-bond donors (Lipinski definition) is 1. The molecule has 0 spiro atoms. The zero-order chi connectivity index (χ0) is 16.4. The molecule has 5 heteroatoms. The van der Waals surface area contributed by atoms with Crippen LogP contribution in [0.2, 0.25) is 5.02 Å². The molecule has 116 valence electrons. The van der Waals surface area contributed by atoms with Crippen LogP contribution in [0.4, 0.5) is 5.69 Å². The minimum absolute atomic E-state index is 0.142. The Balaban J connectivity index is 1.77. The number of halogens is 1. The molecule has 2 aromatic carbocycles. The molecule has 0 saturated carbocycles. The first-order valence-corrected chi connectivity index (χ1v) is 8.39. The minimum atomic E-state index is -0.142. The van der Waals surface area contributed by atoms with E-state index in [-0.39, 0.29) is 5.91 Å². The molecule has 0 atom stereocenters. The molecule has 0 aliphatic carbocycles. The van der Waals surface area contributed by atoms with Crippen molar-refractivity contribution in [3.63, 3.8) is 0 Å². The summed E-state index contributed by atoms with van der Waals surface area (Å²) in [6, 6.07) is 12.8. The molecular formula is C18H15ClN2OS. The smallest absolute Gasteiger partial charge is 0.255 e. The highest BCUT2D eigenvalue weighted by Gasteiger charge is 2.09. The molecule has 23 heavy (non-hydrogen) atoms. The lowest BCUT2D eigenvalue weighted by atomic mass is 10.1. The second kappa shape index (κ2) is 6.52. The van der Waals surface area contributed by atoms with Crippen LogP contribution in [-0.2, 0) is 0 Å². The van der Waals surface area contributed by atoms with Crippen molar-refractivity contribution in [2.24, 2.45) is 0 Å². The number of amides is 1. The molecule has 0 saturated heterocycles. The van der Waals surface area contributed by atoms with Gasteiger partial charge in [0.2, 0.25) is 0 Å². The summed E-state index contributed by atoms with van der Waals surface area (Å²) in [6.07, 6.45) is 0. The number of rotatable bonds is 3. The molecule has 1 N–H and O–H groups in total. The van der Waals surface area contributed by atoms with Crippen LogP contribution in [0.15, 0.2) is 47.8 Å². The van der Waals surface area contributed by atoms with Crippen molar-refractivity contribution >= 4 is 34.5 Å². The van der Waals surface area contributed by atoms with Crippen LogP contribution in [-0.4, -0.2) is 10.9 Å². The number of hydrogen-bond acceptors (Lipinski definition) is 3. The summed E-state index contributed by atoms with van der Waals surface area (Å²) in [6.45, 7) is 3.89. The zero-order valence-electron chi connectivity index (χ0n) is 12.8. The van der Waals surface area contributed by atoms with Gasteiger partial charge < -0.3 is 5.32 Å². The lowest BCUT2D eigenvalue weighted by Gasteiger charge is -2.09. The molecular weight excluding hydrogens is 328 g/mol. The fourth-order valence-corrected chi connectivity index (χ4v) is 3.10. The monoisotopic (exact) mass is 342 g/mol. The Morgan fingerprint density at radius 1 is 1.13 bits per heavy atom. The number of nitrogens with one attached hydrogen (secondary N) is 1. The standard InChI is InChI=1S/C18H15ClN2OS/c1-11-9-15(19)7-8-16(11)21-18(22)14-5-3-13(4-6-14)17-10-23-12(2)20-17/h3-10H,1-2H3,(H,21,22). The fraction of sp³-hybridized carbons (Fsp3) is 0.111. The van der Waals surface area contributed by atoms with Crippen molar-refractivity contribution in [1.82, 2.24) is 4.98 Å². The van der Waals surface area contributed by atoms with Crippen molar-refractivity contribution in [2.45, 2.75) is 13.8 Å². The summed E-state index contributed by atoms with van der Waals surface area (Å²) in [5, 5.41) is 6.61. The van der Waals surface area contributed by atoms with Gasteiger partial charge in [0.25, 0.3) is 5.91 Å². The van der Waals surface area contributed by atoms with Gasteiger partial charge in [-0.3, -0.25) is 4.79 Å². The van der Waals surface area contributed by atoms with E-state index >= 15 is 0 Å². The van der Waals surface area contributed by atoms with E-state index < -0.39 is 0 Å². The van der Waals surface area contributed by atoms with Gasteiger partial charge in [-0.25, -0.2) is 4.98 Å². The van der Waals surface area contributed by atoms with Crippen molar-refractivity contribution < 1.29 is 4.79 Å². The van der Waals surface area contributed by atoms with Gasteiger partial charge in [-0.15, -0.1) is 11.3 Å². The number of thiazole rings is 1. The highest BCUT2D eigenvalue weighted by atomic mass is 35.5. The van der Waals surface area contributed by atoms with E-state index in [1.165, 1.54) is 0 Å². The van der Waals surface area contributed by atoms with Crippen LogP contribution in [0.5, 0.6) is 0 Å². The number of benzene rings is 2. The SMILES string of the molecule is Cc1nc(-c2ccc(C(=O)Nc3ccc(Cl)cc3C)cc2)cs1. The van der Waals surface area contributed by atoms with Gasteiger partial charge in [-0.1, -0.05) is 23.7 Å². The Kier molecular flexibility index (Phi) is 4.46. The van der Waals surface area contributed by atoms with E-state index in [2.05, 4.69) is 10.3 Å². The normalized spacial score (nSPS) is 10.6. The number of aryl methyl sites for hydroxylation is 2. The predicted octanol–water partition coefficient (Wildman–Crippen LogP) is 5.33. The number of aromatic nitrogens is 1. The number of nitrogens with zero attached hydrogens (tertiary/aromatic N) is 1. The largest absolute Gasteiger partial charge is 0.322 e. The quantitative estimate of drug-likeness (QED) is 0.698. The first-order valence-electron chi connectivity index (χ1n) is 7.13. The third-order valence-electron chi connectivity index (χ3n) is 3.50. The predicted molar refractivity (Wildman–Crippen MR) is 96.4 cm³/mol. The zero-order valence-corrected chi connectivity index (χ0v) is 14.3. The second-order valence-corrected chi connectivity index (χ2v) is 6.74. The summed E-state index contributed by atoms with van der Waals surface area (Å²) in [4.78, 5) is 16.8. The van der Waals surface area contributed by atoms with Crippen molar-refractivity contribution in [2.75, 3.05) is 5.32 Å². The van der Waals surface area contributed by atoms with E-state index in [4.69, 9.17) is 11.6 Å². The Morgan fingerprint density at radius 2 is 1.87 bits per heavy atom. The van der Waals surface area contributed by atoms with Crippen LogP contribution in [0.25, 0.3) is 11.3 Å². The average Bonchev–Trinajstić information content (AvgIpc) is 2.97. The van der Waals surface area contributed by atoms with Crippen LogP contribution >= 0.6 is 22.9 Å². The number of anilines is 1. The van der Waals surface area contributed by atoms with Gasteiger partial charge in [0.05, 0.1) is 10.7 Å². The van der Waals surface area contributed by atoms with Gasteiger partial charge in [-0.2, -0.15) is 0 Å². The molecule has 3 aromatic rings. The maximum atomic E-state index is 12.3. The van der Waals surface area contributed by atoms with Crippen molar-refractivity contribution in [3.8, 4) is 11.3 Å². The first kappa shape index (κ1) is 15.7. The molecule has 3 rings (SSSR count). The third kappa shape index (κ3) is 3.60. The minimum Gasteiger partial charge on any atom is -0.322 e. The van der Waals surface area contributed by atoms with Gasteiger partial charge in [0.15, 0.2) is 0 Å². The van der Waals surface area contributed by atoms with E-state index in [0.29, 0.717) is 10.6 Å². The van der Waals surface area contributed by atoms with E-state index in [1.54, 1.807) is 17.4 Å². The molecule has 0 fully saturated rings. The van der Waals surface area contributed by atoms with Gasteiger partial charge in [0.1, 0.15) is 0 Å². The molecule has 1 heterocycles. The molecule has 3 nitrogen and oxygen atoms in total. The second-order valence-electron chi connectivity index (χ2n) is 5.24.